The number of benzene rings is 3. The number of carbonyl (C=O) groups excluding carboxylic acids is 2. The van der Waals surface area contributed by atoms with Crippen LogP contribution in [0.25, 0.3) is 0 Å². The molecule has 0 unspecified atom stereocenters. The first-order valence-electron chi connectivity index (χ1n) is 11.2. The first kappa shape index (κ1) is 24.5. The summed E-state index contributed by atoms with van der Waals surface area (Å²) in [5.41, 5.74) is 1.50. The van der Waals surface area contributed by atoms with Crippen LogP contribution in [0.5, 0.6) is 11.5 Å². The van der Waals surface area contributed by atoms with E-state index in [9.17, 15) is 14.0 Å². The molecule has 8 heteroatoms. The van der Waals surface area contributed by atoms with E-state index in [2.05, 4.69) is 5.32 Å². The molecule has 0 saturated heterocycles. The third-order valence-corrected chi connectivity index (χ3v) is 5.58. The maximum atomic E-state index is 13.9. The predicted molar refractivity (Wildman–Crippen MR) is 132 cm³/mol. The first-order chi connectivity index (χ1) is 17.5. The van der Waals surface area contributed by atoms with Crippen LogP contribution in [-0.4, -0.2) is 26.0 Å². The molecule has 3 aromatic carbocycles. The average Bonchev–Trinajstić information content (AvgIpc) is 3.45. The van der Waals surface area contributed by atoms with Gasteiger partial charge in [0.05, 0.1) is 20.5 Å². The number of rotatable bonds is 9. The van der Waals surface area contributed by atoms with E-state index in [-0.39, 0.29) is 18.1 Å². The van der Waals surface area contributed by atoms with E-state index in [1.807, 2.05) is 6.07 Å². The van der Waals surface area contributed by atoms with Gasteiger partial charge in [-0.3, -0.25) is 14.5 Å². The van der Waals surface area contributed by atoms with Gasteiger partial charge in [0.1, 0.15) is 11.6 Å². The van der Waals surface area contributed by atoms with Gasteiger partial charge in [0, 0.05) is 17.8 Å². The van der Waals surface area contributed by atoms with Crippen LogP contribution in [0.1, 0.15) is 27.7 Å². The van der Waals surface area contributed by atoms with Crippen LogP contribution in [0.15, 0.2) is 95.6 Å². The Hall–Kier alpha value is -4.59. The minimum atomic E-state index is -1.12. The molecule has 0 fully saturated rings. The lowest BCUT2D eigenvalue weighted by molar-refractivity contribution is -0.123. The van der Waals surface area contributed by atoms with E-state index in [1.165, 1.54) is 37.5 Å². The molecule has 2 amide bonds. The van der Waals surface area contributed by atoms with Gasteiger partial charge in [-0.25, -0.2) is 4.39 Å². The van der Waals surface area contributed by atoms with Crippen LogP contribution in [0.3, 0.4) is 0 Å². The minimum absolute atomic E-state index is 0.142. The van der Waals surface area contributed by atoms with Crippen molar-refractivity contribution in [1.29, 1.82) is 0 Å². The van der Waals surface area contributed by atoms with Crippen LogP contribution < -0.4 is 19.7 Å². The molecule has 0 aliphatic heterocycles. The van der Waals surface area contributed by atoms with Crippen molar-refractivity contribution in [2.75, 3.05) is 19.1 Å². The van der Waals surface area contributed by atoms with Gasteiger partial charge >= 0.3 is 0 Å². The molecule has 36 heavy (non-hydrogen) atoms. The Morgan fingerprint density at radius 2 is 1.64 bits per heavy atom. The summed E-state index contributed by atoms with van der Waals surface area (Å²) < 4.78 is 29.5. The highest BCUT2D eigenvalue weighted by molar-refractivity contribution is 6.10. The number of furan rings is 1. The predicted octanol–water partition coefficient (Wildman–Crippen LogP) is 5.14. The zero-order valence-corrected chi connectivity index (χ0v) is 19.8. The molecule has 0 aliphatic rings. The summed E-state index contributed by atoms with van der Waals surface area (Å²) in [6, 6.07) is 21.6. The molecule has 4 aromatic rings. The zero-order valence-electron chi connectivity index (χ0n) is 19.8. The second-order valence-corrected chi connectivity index (χ2v) is 7.84. The normalized spacial score (nSPS) is 11.4. The second kappa shape index (κ2) is 11.2. The molecule has 0 saturated carbocycles. The number of nitrogens with one attached hydrogen (secondary N) is 1. The number of nitrogens with zero attached hydrogens (tertiary/aromatic N) is 1. The largest absolute Gasteiger partial charge is 0.493 e. The number of amides is 2. The fourth-order valence-corrected chi connectivity index (χ4v) is 3.79. The molecule has 1 atom stereocenters. The third-order valence-electron chi connectivity index (χ3n) is 5.58. The Kier molecular flexibility index (Phi) is 7.65. The SMILES string of the molecule is COc1ccc(C(=O)N(c2ccccc2)[C@H](C(=O)NCc2ccc(F)cc2)c2ccco2)cc1OC. The topological polar surface area (TPSA) is 81.0 Å². The van der Waals surface area contributed by atoms with E-state index in [0.29, 0.717) is 28.3 Å². The van der Waals surface area contributed by atoms with Crippen LogP contribution in [-0.2, 0) is 11.3 Å². The molecule has 0 spiro atoms. The number of anilines is 1. The van der Waals surface area contributed by atoms with E-state index in [0.717, 1.165) is 0 Å². The van der Waals surface area contributed by atoms with Crippen LogP contribution in [0, 0.1) is 5.82 Å². The number of para-hydroxylation sites is 1. The maximum Gasteiger partial charge on any atom is 0.259 e. The van der Waals surface area contributed by atoms with Crippen LogP contribution in [0.2, 0.25) is 0 Å². The molecule has 1 heterocycles. The number of hydrogen-bond donors (Lipinski definition) is 1. The zero-order chi connectivity index (χ0) is 25.5. The monoisotopic (exact) mass is 488 g/mol. The molecule has 4 rings (SSSR count). The van der Waals surface area contributed by atoms with Gasteiger partial charge in [-0.1, -0.05) is 30.3 Å². The van der Waals surface area contributed by atoms with Gasteiger partial charge in [-0.05, 0) is 60.2 Å². The van der Waals surface area contributed by atoms with Crippen LogP contribution >= 0.6 is 0 Å². The minimum Gasteiger partial charge on any atom is -0.493 e. The highest BCUT2D eigenvalue weighted by Crippen LogP contribution is 2.33. The summed E-state index contributed by atoms with van der Waals surface area (Å²) in [7, 11) is 2.99. The Morgan fingerprint density at radius 1 is 0.917 bits per heavy atom. The van der Waals surface area contributed by atoms with Crippen molar-refractivity contribution in [2.45, 2.75) is 12.6 Å². The fraction of sp³-hybridized carbons (Fsp3) is 0.143. The van der Waals surface area contributed by atoms with Crippen molar-refractivity contribution in [3.05, 3.63) is 114 Å². The summed E-state index contributed by atoms with van der Waals surface area (Å²) in [5.74, 6) is -0.141. The molecular weight excluding hydrogens is 463 g/mol. The number of carbonyl (C=O) groups is 2. The number of ether oxygens (including phenoxy) is 2. The molecule has 0 bridgehead atoms. The van der Waals surface area contributed by atoms with Crippen molar-refractivity contribution in [1.82, 2.24) is 5.32 Å². The summed E-state index contributed by atoms with van der Waals surface area (Å²) in [6.45, 7) is 0.142. The smallest absolute Gasteiger partial charge is 0.259 e. The van der Waals surface area contributed by atoms with Crippen molar-refractivity contribution in [2.24, 2.45) is 0 Å². The quantitative estimate of drug-likeness (QED) is 0.353. The maximum absolute atomic E-state index is 13.9. The summed E-state index contributed by atoms with van der Waals surface area (Å²) >= 11 is 0. The Labute approximate surface area is 208 Å². The highest BCUT2D eigenvalue weighted by Gasteiger charge is 2.35. The number of halogens is 1. The molecule has 1 aromatic heterocycles. The average molecular weight is 489 g/mol. The van der Waals surface area contributed by atoms with Crippen molar-refractivity contribution >= 4 is 17.5 Å². The Balaban J connectivity index is 1.73. The lowest BCUT2D eigenvalue weighted by atomic mass is 10.1. The summed E-state index contributed by atoms with van der Waals surface area (Å²) in [4.78, 5) is 28.9. The summed E-state index contributed by atoms with van der Waals surface area (Å²) in [5, 5.41) is 2.84. The number of hydrogen-bond acceptors (Lipinski definition) is 5. The van der Waals surface area contributed by atoms with Crippen molar-refractivity contribution in [3.8, 4) is 11.5 Å². The van der Waals surface area contributed by atoms with E-state index in [1.54, 1.807) is 66.7 Å². The van der Waals surface area contributed by atoms with Gasteiger partial charge in [-0.2, -0.15) is 0 Å². The Bertz CT molecular complexity index is 1310. The molecule has 1 N–H and O–H groups in total. The van der Waals surface area contributed by atoms with Gasteiger partial charge in [0.25, 0.3) is 11.8 Å². The van der Waals surface area contributed by atoms with Crippen molar-refractivity contribution < 1.29 is 27.9 Å². The highest BCUT2D eigenvalue weighted by atomic mass is 19.1. The van der Waals surface area contributed by atoms with Crippen molar-refractivity contribution in [3.63, 3.8) is 0 Å². The molecule has 0 aliphatic carbocycles. The van der Waals surface area contributed by atoms with Gasteiger partial charge in [0.15, 0.2) is 17.5 Å². The third kappa shape index (κ3) is 5.38. The van der Waals surface area contributed by atoms with Gasteiger partial charge < -0.3 is 19.2 Å². The second-order valence-electron chi connectivity index (χ2n) is 7.84. The molecule has 0 radical (unpaired) electrons. The Morgan fingerprint density at radius 3 is 2.28 bits per heavy atom. The molecule has 184 valence electrons. The van der Waals surface area contributed by atoms with Crippen LogP contribution in [0.4, 0.5) is 10.1 Å². The first-order valence-corrected chi connectivity index (χ1v) is 11.2. The lowest BCUT2D eigenvalue weighted by Gasteiger charge is -2.30. The van der Waals surface area contributed by atoms with E-state index < -0.39 is 17.9 Å². The van der Waals surface area contributed by atoms with Gasteiger partial charge in [-0.15, -0.1) is 0 Å². The lowest BCUT2D eigenvalue weighted by Crippen LogP contribution is -2.43. The van der Waals surface area contributed by atoms with E-state index >= 15 is 0 Å². The summed E-state index contributed by atoms with van der Waals surface area (Å²) in [6.07, 6.45) is 1.44. The molecular formula is C28H25FN2O5. The number of methoxy groups -OCH3 is 2. The van der Waals surface area contributed by atoms with Gasteiger partial charge in [0.2, 0.25) is 0 Å². The fourth-order valence-electron chi connectivity index (χ4n) is 3.79. The molecule has 7 nitrogen and oxygen atoms in total. The van der Waals surface area contributed by atoms with E-state index in [4.69, 9.17) is 13.9 Å². The standard InChI is InChI=1S/C28H25FN2O5/c1-34-23-15-12-20(17-25(23)35-2)28(33)31(22-7-4-3-5-8-22)26(24-9-6-16-36-24)27(32)30-18-19-10-13-21(29)14-11-19/h3-17,26H,18H2,1-2H3,(H,30,32)/t26-/m0/s1.